The average Bonchev–Trinajstić information content (AvgIpc) is 2.70. The SMILES string of the molecule is CCOC(=O)c1ccc(NC(=O)/C(C#N)=C\Nc2ccc(Cl)c([N+](=O)[O-])c2)cc1. The Hall–Kier alpha value is -3.90. The molecule has 2 rings (SSSR count). The van der Waals surface area contributed by atoms with Gasteiger partial charge in [-0.15, -0.1) is 0 Å². The van der Waals surface area contributed by atoms with Gasteiger partial charge >= 0.3 is 5.97 Å². The van der Waals surface area contributed by atoms with Gasteiger partial charge in [-0.3, -0.25) is 14.9 Å². The van der Waals surface area contributed by atoms with Crippen molar-refractivity contribution in [2.75, 3.05) is 17.2 Å². The molecule has 0 saturated carbocycles. The van der Waals surface area contributed by atoms with E-state index in [4.69, 9.17) is 16.3 Å². The van der Waals surface area contributed by atoms with Gasteiger partial charge in [0, 0.05) is 23.6 Å². The van der Waals surface area contributed by atoms with E-state index in [1.807, 2.05) is 0 Å². The molecule has 2 aromatic carbocycles. The molecule has 0 aliphatic carbocycles. The summed E-state index contributed by atoms with van der Waals surface area (Å²) in [6.45, 7) is 1.94. The molecule has 2 N–H and O–H groups in total. The van der Waals surface area contributed by atoms with Crippen LogP contribution in [0.2, 0.25) is 5.02 Å². The standard InChI is InChI=1S/C19H15ClN4O5/c1-2-29-19(26)12-3-5-14(6-4-12)23-18(25)13(10-21)11-22-15-7-8-16(20)17(9-15)24(27)28/h3-9,11,22H,2H2,1H3,(H,23,25)/b13-11-. The minimum atomic E-state index is -0.702. The maximum absolute atomic E-state index is 12.3. The van der Waals surface area contributed by atoms with Gasteiger partial charge in [-0.25, -0.2) is 4.79 Å². The van der Waals surface area contributed by atoms with Crippen molar-refractivity contribution >= 4 is 40.5 Å². The van der Waals surface area contributed by atoms with Crippen LogP contribution < -0.4 is 10.6 Å². The van der Waals surface area contributed by atoms with E-state index < -0.39 is 16.8 Å². The Balaban J connectivity index is 2.09. The molecule has 148 valence electrons. The Morgan fingerprint density at radius 3 is 2.48 bits per heavy atom. The van der Waals surface area contributed by atoms with Crippen LogP contribution in [-0.4, -0.2) is 23.4 Å². The van der Waals surface area contributed by atoms with E-state index in [9.17, 15) is 25.0 Å². The summed E-state index contributed by atoms with van der Waals surface area (Å²) in [4.78, 5) is 34.1. The maximum Gasteiger partial charge on any atom is 0.338 e. The first-order valence-electron chi connectivity index (χ1n) is 8.25. The van der Waals surface area contributed by atoms with Crippen molar-refractivity contribution < 1.29 is 19.2 Å². The Morgan fingerprint density at radius 1 is 1.24 bits per heavy atom. The monoisotopic (exact) mass is 414 g/mol. The smallest absolute Gasteiger partial charge is 0.338 e. The molecule has 2 aromatic rings. The van der Waals surface area contributed by atoms with Gasteiger partial charge in [0.25, 0.3) is 11.6 Å². The highest BCUT2D eigenvalue weighted by atomic mass is 35.5. The van der Waals surface area contributed by atoms with E-state index in [-0.39, 0.29) is 28.6 Å². The summed E-state index contributed by atoms with van der Waals surface area (Å²) in [5.74, 6) is -1.18. The number of carbonyl (C=O) groups excluding carboxylic acids is 2. The molecule has 0 aliphatic heterocycles. The predicted octanol–water partition coefficient (Wildman–Crippen LogP) is 3.88. The first-order valence-corrected chi connectivity index (χ1v) is 8.62. The quantitative estimate of drug-likeness (QED) is 0.231. The molecule has 0 heterocycles. The topological polar surface area (TPSA) is 134 Å². The molecule has 0 radical (unpaired) electrons. The van der Waals surface area contributed by atoms with Crippen LogP contribution >= 0.6 is 11.6 Å². The van der Waals surface area contributed by atoms with Gasteiger partial charge in [0.1, 0.15) is 16.7 Å². The first kappa shape index (κ1) is 21.4. The van der Waals surface area contributed by atoms with Gasteiger partial charge in [0.05, 0.1) is 17.1 Å². The molecule has 0 spiro atoms. The Bertz CT molecular complexity index is 1010. The van der Waals surface area contributed by atoms with Crippen LogP contribution in [0.1, 0.15) is 17.3 Å². The normalized spacial score (nSPS) is 10.6. The van der Waals surface area contributed by atoms with Crippen molar-refractivity contribution in [1.29, 1.82) is 5.26 Å². The Kier molecular flexibility index (Phi) is 7.28. The second-order valence-electron chi connectivity index (χ2n) is 5.49. The number of nitro groups is 1. The number of nitrogens with zero attached hydrogens (tertiary/aromatic N) is 2. The van der Waals surface area contributed by atoms with E-state index in [0.29, 0.717) is 11.3 Å². The third-order valence-corrected chi connectivity index (χ3v) is 3.86. The predicted molar refractivity (Wildman–Crippen MR) is 106 cm³/mol. The molecule has 10 heteroatoms. The van der Waals surface area contributed by atoms with Crippen molar-refractivity contribution in [2.45, 2.75) is 6.92 Å². The van der Waals surface area contributed by atoms with Crippen molar-refractivity contribution in [3.8, 4) is 6.07 Å². The van der Waals surface area contributed by atoms with E-state index in [0.717, 1.165) is 6.20 Å². The molecule has 1 amide bonds. The number of hydrogen-bond acceptors (Lipinski definition) is 7. The Labute approximate surface area is 170 Å². The van der Waals surface area contributed by atoms with E-state index in [2.05, 4.69) is 10.6 Å². The van der Waals surface area contributed by atoms with Gasteiger partial charge < -0.3 is 15.4 Å². The minimum absolute atomic E-state index is 0.0333. The van der Waals surface area contributed by atoms with Crippen LogP contribution in [0, 0.1) is 21.4 Å². The third kappa shape index (κ3) is 5.79. The molecular weight excluding hydrogens is 400 g/mol. The zero-order chi connectivity index (χ0) is 21.4. The van der Waals surface area contributed by atoms with Crippen LogP contribution in [0.5, 0.6) is 0 Å². The molecule has 0 atom stereocenters. The molecule has 0 saturated heterocycles. The summed E-state index contributed by atoms with van der Waals surface area (Å²) in [6, 6.07) is 11.7. The number of hydrogen-bond donors (Lipinski definition) is 2. The van der Waals surface area contributed by atoms with Crippen LogP contribution in [0.3, 0.4) is 0 Å². The summed E-state index contributed by atoms with van der Waals surface area (Å²) >= 11 is 5.74. The second-order valence-corrected chi connectivity index (χ2v) is 5.90. The summed E-state index contributed by atoms with van der Waals surface area (Å²) < 4.78 is 4.87. The summed E-state index contributed by atoms with van der Waals surface area (Å²) in [7, 11) is 0. The summed E-state index contributed by atoms with van der Waals surface area (Å²) in [5, 5.41) is 25.3. The number of amides is 1. The average molecular weight is 415 g/mol. The van der Waals surface area contributed by atoms with Crippen LogP contribution in [0.15, 0.2) is 54.2 Å². The summed E-state index contributed by atoms with van der Waals surface area (Å²) in [6.07, 6.45) is 1.12. The third-order valence-electron chi connectivity index (χ3n) is 3.54. The van der Waals surface area contributed by atoms with E-state index in [1.165, 1.54) is 42.5 Å². The molecule has 29 heavy (non-hydrogen) atoms. The number of nitriles is 1. The number of nitro benzene ring substituents is 1. The molecule has 0 aliphatic rings. The number of esters is 1. The zero-order valence-electron chi connectivity index (χ0n) is 15.1. The van der Waals surface area contributed by atoms with Crippen molar-refractivity contribution in [1.82, 2.24) is 0 Å². The lowest BCUT2D eigenvalue weighted by molar-refractivity contribution is -0.384. The fourth-order valence-electron chi connectivity index (χ4n) is 2.15. The molecule has 0 fully saturated rings. The lowest BCUT2D eigenvalue weighted by Gasteiger charge is -2.07. The van der Waals surface area contributed by atoms with Crippen molar-refractivity contribution in [3.05, 3.63) is 74.9 Å². The molecule has 0 unspecified atom stereocenters. The number of nitrogens with one attached hydrogen (secondary N) is 2. The lowest BCUT2D eigenvalue weighted by Crippen LogP contribution is -2.14. The van der Waals surface area contributed by atoms with Crippen LogP contribution in [-0.2, 0) is 9.53 Å². The van der Waals surface area contributed by atoms with Gasteiger partial charge in [-0.1, -0.05) is 11.6 Å². The van der Waals surface area contributed by atoms with Gasteiger partial charge in [-0.05, 0) is 43.3 Å². The number of benzene rings is 2. The highest BCUT2D eigenvalue weighted by Crippen LogP contribution is 2.27. The second kappa shape index (κ2) is 9.87. The number of anilines is 2. The number of rotatable bonds is 7. The number of halogens is 1. The minimum Gasteiger partial charge on any atom is -0.462 e. The van der Waals surface area contributed by atoms with Crippen LogP contribution in [0.4, 0.5) is 17.1 Å². The molecule has 9 nitrogen and oxygen atoms in total. The van der Waals surface area contributed by atoms with E-state index in [1.54, 1.807) is 13.0 Å². The lowest BCUT2D eigenvalue weighted by atomic mass is 10.2. The molecular formula is C19H15ClN4O5. The Morgan fingerprint density at radius 2 is 1.90 bits per heavy atom. The zero-order valence-corrected chi connectivity index (χ0v) is 15.9. The summed E-state index contributed by atoms with van der Waals surface area (Å²) in [5.41, 5.74) is 0.394. The van der Waals surface area contributed by atoms with E-state index >= 15 is 0 Å². The largest absolute Gasteiger partial charge is 0.462 e. The number of carbonyl (C=O) groups is 2. The van der Waals surface area contributed by atoms with Crippen molar-refractivity contribution in [2.24, 2.45) is 0 Å². The molecule has 0 bridgehead atoms. The fraction of sp³-hybridized carbons (Fsp3) is 0.105. The van der Waals surface area contributed by atoms with Gasteiger partial charge in [0.15, 0.2) is 0 Å². The highest BCUT2D eigenvalue weighted by Gasteiger charge is 2.14. The number of ether oxygens (including phenoxy) is 1. The van der Waals surface area contributed by atoms with Crippen molar-refractivity contribution in [3.63, 3.8) is 0 Å². The first-order chi connectivity index (χ1) is 13.8. The van der Waals surface area contributed by atoms with Gasteiger partial charge in [-0.2, -0.15) is 5.26 Å². The molecule has 0 aromatic heterocycles. The van der Waals surface area contributed by atoms with Gasteiger partial charge in [0.2, 0.25) is 0 Å². The van der Waals surface area contributed by atoms with Crippen LogP contribution in [0.25, 0.3) is 0 Å². The highest BCUT2D eigenvalue weighted by molar-refractivity contribution is 6.32. The fourth-order valence-corrected chi connectivity index (χ4v) is 2.34. The maximum atomic E-state index is 12.3.